The smallest absolute Gasteiger partial charge is 0.265 e. The van der Waals surface area contributed by atoms with Gasteiger partial charge in [0.2, 0.25) is 0 Å². The quantitative estimate of drug-likeness (QED) is 0.495. The van der Waals surface area contributed by atoms with E-state index < -0.39 is 27.9 Å². The Kier molecular flexibility index (Phi) is 8.51. The molecule has 0 aromatic heterocycles. The number of rotatable bonds is 10. The molecule has 150 valence electrons. The molecular formula is C16H24Cl2O6S2. The van der Waals surface area contributed by atoms with E-state index in [9.17, 15) is 16.8 Å². The second kappa shape index (κ2) is 9.48. The van der Waals surface area contributed by atoms with Gasteiger partial charge in [0.15, 0.2) is 0 Å². The first kappa shape index (κ1) is 23.3. The van der Waals surface area contributed by atoms with Gasteiger partial charge in [-0.25, -0.2) is 16.8 Å². The molecule has 0 bridgehead atoms. The van der Waals surface area contributed by atoms with Gasteiger partial charge in [-0.3, -0.25) is 0 Å². The highest BCUT2D eigenvalue weighted by molar-refractivity contribution is 8.14. The molecule has 6 nitrogen and oxygen atoms in total. The first-order chi connectivity index (χ1) is 11.8. The molecule has 0 heterocycles. The van der Waals surface area contributed by atoms with Gasteiger partial charge >= 0.3 is 0 Å². The van der Waals surface area contributed by atoms with Crippen LogP contribution in [0, 0.1) is 11.8 Å². The maximum Gasteiger partial charge on any atom is 0.265 e. The van der Waals surface area contributed by atoms with Gasteiger partial charge in [-0.2, -0.15) is 0 Å². The summed E-state index contributed by atoms with van der Waals surface area (Å²) in [6.45, 7) is 8.46. The van der Waals surface area contributed by atoms with Crippen molar-refractivity contribution in [3.05, 3.63) is 12.1 Å². The molecule has 0 amide bonds. The Bertz CT molecular complexity index is 752. The molecule has 0 saturated heterocycles. The zero-order valence-electron chi connectivity index (χ0n) is 15.2. The van der Waals surface area contributed by atoms with E-state index in [1.54, 1.807) is 0 Å². The molecule has 26 heavy (non-hydrogen) atoms. The summed E-state index contributed by atoms with van der Waals surface area (Å²) >= 11 is 0. The molecule has 0 unspecified atom stereocenters. The Morgan fingerprint density at radius 1 is 0.769 bits per heavy atom. The zero-order valence-corrected chi connectivity index (χ0v) is 18.3. The van der Waals surface area contributed by atoms with Crippen LogP contribution < -0.4 is 9.47 Å². The summed E-state index contributed by atoms with van der Waals surface area (Å²) in [5.41, 5.74) is 0. The highest BCUT2D eigenvalue weighted by atomic mass is 35.7. The van der Waals surface area contributed by atoms with Crippen molar-refractivity contribution in [1.29, 1.82) is 0 Å². The Hall–Kier alpha value is -0.700. The van der Waals surface area contributed by atoms with Crippen LogP contribution in [-0.2, 0) is 18.1 Å². The van der Waals surface area contributed by atoms with Crippen molar-refractivity contribution in [3.63, 3.8) is 0 Å². The maximum atomic E-state index is 11.9. The number of benzene rings is 1. The summed E-state index contributed by atoms with van der Waals surface area (Å²) in [4.78, 5) is -0.920. The van der Waals surface area contributed by atoms with Gasteiger partial charge < -0.3 is 9.47 Å². The number of ether oxygens (including phenoxy) is 2. The van der Waals surface area contributed by atoms with Crippen molar-refractivity contribution >= 4 is 39.5 Å². The van der Waals surface area contributed by atoms with Gasteiger partial charge in [0.05, 0.1) is 13.2 Å². The minimum atomic E-state index is -4.25. The number of halogens is 2. The highest BCUT2D eigenvalue weighted by Crippen LogP contribution is 2.38. The van der Waals surface area contributed by atoms with Gasteiger partial charge in [0.1, 0.15) is 21.3 Å². The molecule has 0 spiro atoms. The lowest BCUT2D eigenvalue weighted by Crippen LogP contribution is -2.09. The Morgan fingerprint density at radius 2 is 1.12 bits per heavy atom. The van der Waals surface area contributed by atoms with Crippen molar-refractivity contribution in [2.75, 3.05) is 13.2 Å². The van der Waals surface area contributed by atoms with Crippen LogP contribution in [0.3, 0.4) is 0 Å². The molecule has 0 fully saturated rings. The van der Waals surface area contributed by atoms with Gasteiger partial charge in [-0.1, -0.05) is 27.7 Å². The van der Waals surface area contributed by atoms with E-state index in [1.165, 1.54) is 6.07 Å². The molecule has 0 N–H and O–H groups in total. The standard InChI is InChI=1S/C16H24Cl2O6S2/c1-11(2)5-7-23-13-9-14(24-8-6-12(3)4)16(26(18,21)22)10-15(13)25(17,19)20/h9-12H,5-8H2,1-4H3. The lowest BCUT2D eigenvalue weighted by molar-refractivity contribution is 0.267. The molecule has 0 aliphatic carbocycles. The second-order valence-corrected chi connectivity index (χ2v) is 11.8. The highest BCUT2D eigenvalue weighted by Gasteiger charge is 2.26. The third kappa shape index (κ3) is 7.50. The predicted octanol–water partition coefficient (Wildman–Crippen LogP) is 4.39. The molecule has 0 radical (unpaired) electrons. The average Bonchev–Trinajstić information content (AvgIpc) is 2.44. The van der Waals surface area contributed by atoms with Crippen LogP contribution in [0.4, 0.5) is 0 Å². The van der Waals surface area contributed by atoms with Crippen molar-refractivity contribution in [1.82, 2.24) is 0 Å². The third-order valence-electron chi connectivity index (χ3n) is 3.44. The molecule has 0 atom stereocenters. The monoisotopic (exact) mass is 446 g/mol. The van der Waals surface area contributed by atoms with Crippen molar-refractivity contribution in [2.24, 2.45) is 11.8 Å². The molecular weight excluding hydrogens is 423 g/mol. The van der Waals surface area contributed by atoms with Gasteiger partial charge in [0, 0.05) is 27.4 Å². The Balaban J connectivity index is 3.37. The SMILES string of the molecule is CC(C)CCOc1cc(OCCC(C)C)c(S(=O)(=O)Cl)cc1S(=O)(=O)Cl. The van der Waals surface area contributed by atoms with Crippen LogP contribution in [0.1, 0.15) is 40.5 Å². The van der Waals surface area contributed by atoms with Crippen LogP contribution in [0.5, 0.6) is 11.5 Å². The predicted molar refractivity (Wildman–Crippen MR) is 102 cm³/mol. The molecule has 1 rings (SSSR count). The summed E-state index contributed by atoms with van der Waals surface area (Å²) < 4.78 is 58.5. The molecule has 10 heteroatoms. The van der Waals surface area contributed by atoms with Crippen molar-refractivity contribution < 1.29 is 26.3 Å². The van der Waals surface area contributed by atoms with Gasteiger partial charge in [-0.15, -0.1) is 0 Å². The van der Waals surface area contributed by atoms with Crippen LogP contribution in [0.2, 0.25) is 0 Å². The lowest BCUT2D eigenvalue weighted by atomic mass is 10.1. The summed E-state index contributed by atoms with van der Waals surface area (Å²) in [5.74, 6) is 0.555. The number of hydrogen-bond donors (Lipinski definition) is 0. The minimum absolute atomic E-state index is 0.0655. The van der Waals surface area contributed by atoms with E-state index in [0.717, 1.165) is 6.07 Å². The topological polar surface area (TPSA) is 86.7 Å². The summed E-state index contributed by atoms with van der Waals surface area (Å²) in [7, 11) is 2.38. The van der Waals surface area contributed by atoms with Crippen LogP contribution in [0.25, 0.3) is 0 Å². The van der Waals surface area contributed by atoms with E-state index in [2.05, 4.69) is 0 Å². The van der Waals surface area contributed by atoms with E-state index in [1.807, 2.05) is 27.7 Å². The molecule has 1 aromatic carbocycles. The first-order valence-corrected chi connectivity index (χ1v) is 12.8. The summed E-state index contributed by atoms with van der Waals surface area (Å²) in [5, 5.41) is 0. The Morgan fingerprint density at radius 3 is 1.38 bits per heavy atom. The van der Waals surface area contributed by atoms with Crippen LogP contribution in [-0.4, -0.2) is 30.0 Å². The molecule has 1 aromatic rings. The fourth-order valence-corrected chi connectivity index (χ4v) is 3.97. The minimum Gasteiger partial charge on any atom is -0.492 e. The Labute approximate surface area is 164 Å². The molecule has 0 aliphatic heterocycles. The van der Waals surface area contributed by atoms with Gasteiger partial charge in [0.25, 0.3) is 18.1 Å². The van der Waals surface area contributed by atoms with E-state index in [4.69, 9.17) is 30.8 Å². The van der Waals surface area contributed by atoms with Crippen LogP contribution >= 0.6 is 21.4 Å². The summed E-state index contributed by atoms with van der Waals surface area (Å²) in [6.07, 6.45) is 1.36. The normalized spacial score (nSPS) is 12.6. The molecule has 0 saturated carbocycles. The lowest BCUT2D eigenvalue weighted by Gasteiger charge is -2.16. The van der Waals surface area contributed by atoms with E-state index in [0.29, 0.717) is 24.7 Å². The van der Waals surface area contributed by atoms with Crippen molar-refractivity contribution in [3.8, 4) is 11.5 Å². The fraction of sp³-hybridized carbons (Fsp3) is 0.625. The molecule has 0 aliphatic rings. The number of hydrogen-bond acceptors (Lipinski definition) is 6. The zero-order chi connectivity index (χ0) is 20.1. The first-order valence-electron chi connectivity index (χ1n) is 8.15. The average molecular weight is 447 g/mol. The van der Waals surface area contributed by atoms with E-state index >= 15 is 0 Å². The van der Waals surface area contributed by atoms with E-state index in [-0.39, 0.29) is 24.7 Å². The van der Waals surface area contributed by atoms with Gasteiger partial charge in [-0.05, 0) is 30.7 Å². The third-order valence-corrected chi connectivity index (χ3v) is 6.13. The van der Waals surface area contributed by atoms with Crippen molar-refractivity contribution in [2.45, 2.75) is 50.3 Å². The summed E-state index contributed by atoms with van der Waals surface area (Å²) in [6, 6.07) is 2.09. The second-order valence-electron chi connectivity index (χ2n) is 6.68. The van der Waals surface area contributed by atoms with Crippen LogP contribution in [0.15, 0.2) is 21.9 Å². The largest absolute Gasteiger partial charge is 0.492 e. The maximum absolute atomic E-state index is 11.9. The fourth-order valence-electron chi connectivity index (χ4n) is 1.94.